The van der Waals surface area contributed by atoms with Gasteiger partial charge in [-0.25, -0.2) is 0 Å². The summed E-state index contributed by atoms with van der Waals surface area (Å²) in [5, 5.41) is 8.89. The second-order valence-electron chi connectivity index (χ2n) is 8.67. The second-order valence-corrected chi connectivity index (χ2v) is 8.67. The molecule has 2 heterocycles. The van der Waals surface area contributed by atoms with Gasteiger partial charge in [-0.15, -0.1) is 0 Å². The van der Waals surface area contributed by atoms with Crippen LogP contribution in [0.4, 0.5) is 0 Å². The van der Waals surface area contributed by atoms with Crippen molar-refractivity contribution >= 4 is 22.4 Å². The van der Waals surface area contributed by atoms with E-state index in [2.05, 4.69) is 20.4 Å². The Labute approximate surface area is 227 Å². The maximum absolute atomic E-state index is 12.5. The Morgan fingerprint density at radius 2 is 1.64 bits per heavy atom. The molecule has 4 rings (SSSR count). The van der Waals surface area contributed by atoms with Crippen LogP contribution in [0.15, 0.2) is 47.8 Å². The van der Waals surface area contributed by atoms with Gasteiger partial charge in [-0.2, -0.15) is 0 Å². The first-order chi connectivity index (χ1) is 19.1. The Morgan fingerprint density at radius 3 is 2.36 bits per heavy atom. The lowest BCUT2D eigenvalue weighted by Gasteiger charge is -2.26. The molecular formula is C28H34N4O7. The van der Waals surface area contributed by atoms with Gasteiger partial charge in [0.05, 0.1) is 41.7 Å². The average Bonchev–Trinajstić information content (AvgIpc) is 2.98. The zero-order valence-electron chi connectivity index (χ0n) is 22.7. The molecule has 0 aliphatic carbocycles. The molecule has 3 aromatic rings. The topological polar surface area (TPSA) is 113 Å². The maximum atomic E-state index is 12.5. The third-order valence-corrected chi connectivity index (χ3v) is 6.36. The fraction of sp³-hybridized carbons (Fsp3) is 0.393. The summed E-state index contributed by atoms with van der Waals surface area (Å²) >= 11 is 0. The van der Waals surface area contributed by atoms with E-state index in [1.165, 1.54) is 0 Å². The number of carbonyl (C=O) groups excluding carboxylic acids is 1. The highest BCUT2D eigenvalue weighted by Crippen LogP contribution is 2.35. The molecule has 1 fully saturated rings. The van der Waals surface area contributed by atoms with E-state index in [1.54, 1.807) is 46.8 Å². The van der Waals surface area contributed by atoms with E-state index in [0.29, 0.717) is 59.7 Å². The number of methoxy groups -OCH3 is 4. The first-order valence-electron chi connectivity index (χ1n) is 12.6. The van der Waals surface area contributed by atoms with Gasteiger partial charge in [0.15, 0.2) is 29.6 Å². The number of aromatic nitrogens is 1. The Bertz CT molecular complexity index is 1310. The summed E-state index contributed by atoms with van der Waals surface area (Å²) < 4.78 is 27.2. The number of nitrogens with zero attached hydrogens (tertiary/aromatic N) is 3. The third kappa shape index (κ3) is 6.87. The number of rotatable bonds is 12. The van der Waals surface area contributed by atoms with Crippen molar-refractivity contribution in [2.75, 3.05) is 74.4 Å². The highest BCUT2D eigenvalue weighted by atomic mass is 16.6. The zero-order chi connectivity index (χ0) is 27.6. The normalized spacial score (nSPS) is 14.1. The molecule has 11 heteroatoms. The Kier molecular flexibility index (Phi) is 9.76. The molecule has 0 radical (unpaired) electrons. The first-order valence-corrected chi connectivity index (χ1v) is 12.6. The van der Waals surface area contributed by atoms with Crippen LogP contribution >= 0.6 is 0 Å². The van der Waals surface area contributed by atoms with Gasteiger partial charge in [0.1, 0.15) is 11.4 Å². The van der Waals surface area contributed by atoms with Gasteiger partial charge < -0.3 is 33.8 Å². The minimum absolute atomic E-state index is 0.248. The van der Waals surface area contributed by atoms with Crippen molar-refractivity contribution in [2.45, 2.75) is 0 Å². The van der Waals surface area contributed by atoms with E-state index in [9.17, 15) is 4.79 Å². The Balaban J connectivity index is 1.61. The Morgan fingerprint density at radius 1 is 0.949 bits per heavy atom. The summed E-state index contributed by atoms with van der Waals surface area (Å²) in [4.78, 5) is 24.9. The number of pyridine rings is 1. The van der Waals surface area contributed by atoms with Gasteiger partial charge in [0, 0.05) is 43.3 Å². The van der Waals surface area contributed by atoms with Crippen molar-refractivity contribution in [3.05, 3.63) is 53.9 Å². The molecule has 1 aliphatic heterocycles. The molecule has 0 saturated carbocycles. The van der Waals surface area contributed by atoms with Crippen LogP contribution in [0.5, 0.6) is 23.0 Å². The van der Waals surface area contributed by atoms with Crippen LogP contribution in [0.3, 0.4) is 0 Å². The molecule has 208 valence electrons. The highest BCUT2D eigenvalue weighted by molar-refractivity contribution is 6.18. The number of hydrogen-bond acceptors (Lipinski definition) is 10. The number of oxime groups is 1. The lowest BCUT2D eigenvalue weighted by atomic mass is 10.0. The van der Waals surface area contributed by atoms with E-state index < -0.39 is 0 Å². The largest absolute Gasteiger partial charge is 0.493 e. The first kappa shape index (κ1) is 27.9. The van der Waals surface area contributed by atoms with Crippen molar-refractivity contribution in [1.29, 1.82) is 0 Å². The Hall–Kier alpha value is -4.09. The van der Waals surface area contributed by atoms with Crippen LogP contribution in [0, 0.1) is 0 Å². The van der Waals surface area contributed by atoms with Gasteiger partial charge >= 0.3 is 0 Å². The molecule has 0 unspecified atom stereocenters. The van der Waals surface area contributed by atoms with Crippen LogP contribution in [-0.2, 0) is 14.4 Å². The monoisotopic (exact) mass is 538 g/mol. The van der Waals surface area contributed by atoms with Gasteiger partial charge in [-0.3, -0.25) is 14.7 Å². The standard InChI is InChI=1S/C28H34N4O7/c1-34-22-6-5-20(16-23(22)35-2)27(31-39-18-26(33)29-9-10-32-11-13-38-14-12-32)28-21-17-25(37-4)24(36-3)15-19(21)7-8-30-28/h5-8,15-17H,9-14,18H2,1-4H3,(H,29,33)/b31-27+. The van der Waals surface area contributed by atoms with Crippen molar-refractivity contribution in [1.82, 2.24) is 15.2 Å². The van der Waals surface area contributed by atoms with Gasteiger partial charge in [-0.05, 0) is 41.8 Å². The molecule has 0 spiro atoms. The van der Waals surface area contributed by atoms with E-state index >= 15 is 0 Å². The maximum Gasteiger partial charge on any atom is 0.260 e. The number of fused-ring (bicyclic) bond motifs is 1. The van der Waals surface area contributed by atoms with Crippen molar-refractivity contribution < 1.29 is 33.3 Å². The summed E-state index contributed by atoms with van der Waals surface area (Å²) in [5.41, 5.74) is 1.61. The summed E-state index contributed by atoms with van der Waals surface area (Å²) in [6.45, 7) is 4.17. The second kappa shape index (κ2) is 13.6. The van der Waals surface area contributed by atoms with Crippen molar-refractivity contribution in [2.24, 2.45) is 5.16 Å². The number of ether oxygens (including phenoxy) is 5. The highest BCUT2D eigenvalue weighted by Gasteiger charge is 2.19. The summed E-state index contributed by atoms with van der Waals surface area (Å²) in [6.07, 6.45) is 1.68. The predicted molar refractivity (Wildman–Crippen MR) is 146 cm³/mol. The van der Waals surface area contributed by atoms with Crippen molar-refractivity contribution in [3.8, 4) is 23.0 Å². The van der Waals surface area contributed by atoms with Gasteiger partial charge in [0.2, 0.25) is 0 Å². The molecule has 1 aliphatic rings. The zero-order valence-corrected chi connectivity index (χ0v) is 22.7. The smallest absolute Gasteiger partial charge is 0.260 e. The number of carbonyl (C=O) groups is 1. The lowest BCUT2D eigenvalue weighted by molar-refractivity contribution is -0.125. The van der Waals surface area contributed by atoms with Crippen LogP contribution in [0.25, 0.3) is 10.8 Å². The molecule has 1 N–H and O–H groups in total. The minimum Gasteiger partial charge on any atom is -0.493 e. The van der Waals surface area contributed by atoms with Crippen LogP contribution in [0.1, 0.15) is 11.3 Å². The molecule has 39 heavy (non-hydrogen) atoms. The minimum atomic E-state index is -0.268. The van der Waals surface area contributed by atoms with E-state index in [4.69, 9.17) is 28.5 Å². The van der Waals surface area contributed by atoms with E-state index in [0.717, 1.165) is 30.4 Å². The lowest BCUT2D eigenvalue weighted by Crippen LogP contribution is -2.41. The fourth-order valence-electron chi connectivity index (χ4n) is 4.29. The molecule has 0 atom stereocenters. The molecule has 2 aromatic carbocycles. The summed E-state index contributed by atoms with van der Waals surface area (Å²) in [6, 6.07) is 11.0. The molecule has 11 nitrogen and oxygen atoms in total. The van der Waals surface area contributed by atoms with Gasteiger partial charge in [0.25, 0.3) is 5.91 Å². The molecule has 1 saturated heterocycles. The van der Waals surface area contributed by atoms with Crippen LogP contribution in [-0.4, -0.2) is 95.9 Å². The average molecular weight is 539 g/mol. The third-order valence-electron chi connectivity index (χ3n) is 6.36. The fourth-order valence-corrected chi connectivity index (χ4v) is 4.29. The number of amides is 1. The molecule has 0 bridgehead atoms. The predicted octanol–water partition coefficient (Wildman–Crippen LogP) is 2.49. The molecule has 1 amide bonds. The number of nitrogens with one attached hydrogen (secondary N) is 1. The molecule has 1 aromatic heterocycles. The number of benzene rings is 2. The van der Waals surface area contributed by atoms with E-state index in [-0.39, 0.29) is 12.5 Å². The van der Waals surface area contributed by atoms with Crippen LogP contribution in [0.2, 0.25) is 0 Å². The molecular weight excluding hydrogens is 504 g/mol. The van der Waals surface area contributed by atoms with Crippen LogP contribution < -0.4 is 24.3 Å². The quantitative estimate of drug-likeness (QED) is 0.274. The van der Waals surface area contributed by atoms with Gasteiger partial charge in [-0.1, -0.05) is 5.16 Å². The SMILES string of the molecule is COc1ccc(/C(=N\OCC(=O)NCCN2CCOCC2)c2nccc3cc(OC)c(OC)cc23)cc1OC. The number of hydrogen-bond donors (Lipinski definition) is 1. The summed E-state index contributed by atoms with van der Waals surface area (Å²) in [7, 11) is 6.29. The number of morpholine rings is 1. The van der Waals surface area contributed by atoms with E-state index in [1.807, 2.05) is 24.3 Å². The summed E-state index contributed by atoms with van der Waals surface area (Å²) in [5.74, 6) is 1.96. The van der Waals surface area contributed by atoms with Crippen molar-refractivity contribution in [3.63, 3.8) is 0 Å².